The molecule has 0 heterocycles. The van der Waals surface area contributed by atoms with Crippen LogP contribution in [0.4, 0.5) is 11.4 Å². The summed E-state index contributed by atoms with van der Waals surface area (Å²) in [6.07, 6.45) is 2.26. The van der Waals surface area contributed by atoms with Crippen LogP contribution >= 0.6 is 0 Å². The van der Waals surface area contributed by atoms with Gasteiger partial charge >= 0.3 is 11.8 Å². The highest BCUT2D eigenvalue weighted by molar-refractivity contribution is 6.35. The molecule has 0 aliphatic rings. The number of nitrogens with zero attached hydrogens (tertiary/aromatic N) is 4. The number of nitro benzene ring substituents is 2. The predicted molar refractivity (Wildman–Crippen MR) is 97.7 cm³/mol. The molecule has 2 rings (SSSR count). The Hall–Kier alpha value is -4.48. The summed E-state index contributed by atoms with van der Waals surface area (Å²) in [6.45, 7) is 0. The number of hydrogen-bond acceptors (Lipinski definition) is 8. The molecule has 0 saturated carbocycles. The number of hydrazone groups is 2. The van der Waals surface area contributed by atoms with Crippen LogP contribution in [-0.2, 0) is 9.59 Å². The lowest BCUT2D eigenvalue weighted by Gasteiger charge is -1.98. The average Bonchev–Trinajstić information content (AvgIpc) is 2.68. The third kappa shape index (κ3) is 5.80. The van der Waals surface area contributed by atoms with E-state index in [-0.39, 0.29) is 11.4 Å². The number of nitrogens with one attached hydrogen (secondary N) is 2. The molecule has 2 amide bonds. The van der Waals surface area contributed by atoms with Gasteiger partial charge in [0.05, 0.1) is 22.3 Å². The number of carbonyl (C=O) groups is 2. The van der Waals surface area contributed by atoms with E-state index >= 15 is 0 Å². The van der Waals surface area contributed by atoms with Crippen molar-refractivity contribution >= 4 is 35.6 Å². The largest absolute Gasteiger partial charge is 0.331 e. The average molecular weight is 384 g/mol. The molecule has 0 fully saturated rings. The van der Waals surface area contributed by atoms with Crippen molar-refractivity contribution in [1.82, 2.24) is 10.9 Å². The fraction of sp³-hybridized carbons (Fsp3) is 0. The van der Waals surface area contributed by atoms with E-state index in [2.05, 4.69) is 10.2 Å². The maximum atomic E-state index is 11.6. The number of amides is 2. The maximum absolute atomic E-state index is 11.6. The van der Waals surface area contributed by atoms with Crippen LogP contribution in [-0.4, -0.2) is 34.1 Å². The number of carbonyl (C=O) groups excluding carboxylic acids is 2. The van der Waals surface area contributed by atoms with Gasteiger partial charge in [-0.05, 0) is 0 Å². The molecule has 0 aromatic heterocycles. The van der Waals surface area contributed by atoms with Crippen LogP contribution in [0.2, 0.25) is 0 Å². The summed E-state index contributed by atoms with van der Waals surface area (Å²) in [5, 5.41) is 28.4. The quantitative estimate of drug-likeness (QED) is 0.327. The lowest BCUT2D eigenvalue weighted by atomic mass is 10.2. The Kier molecular flexibility index (Phi) is 6.58. The van der Waals surface area contributed by atoms with E-state index in [1.165, 1.54) is 48.5 Å². The Morgan fingerprint density at radius 1 is 0.786 bits per heavy atom. The van der Waals surface area contributed by atoms with Gasteiger partial charge in [0.1, 0.15) is 0 Å². The predicted octanol–water partition coefficient (Wildman–Crippen LogP) is 1.10. The highest BCUT2D eigenvalue weighted by Crippen LogP contribution is 2.12. The molecule has 0 saturated heterocycles. The molecule has 0 bridgehead atoms. The second-order valence-corrected chi connectivity index (χ2v) is 5.10. The van der Waals surface area contributed by atoms with Crippen molar-refractivity contribution in [3.63, 3.8) is 0 Å². The van der Waals surface area contributed by atoms with Crippen LogP contribution in [0.15, 0.2) is 58.7 Å². The molecule has 0 unspecified atom stereocenters. The maximum Gasteiger partial charge on any atom is 0.331 e. The van der Waals surface area contributed by atoms with E-state index in [1.54, 1.807) is 0 Å². The van der Waals surface area contributed by atoms with E-state index in [1.807, 2.05) is 10.9 Å². The number of benzene rings is 2. The molecule has 0 aliphatic carbocycles. The molecule has 142 valence electrons. The summed E-state index contributed by atoms with van der Waals surface area (Å²) >= 11 is 0. The van der Waals surface area contributed by atoms with E-state index in [9.17, 15) is 29.8 Å². The molecule has 0 radical (unpaired) electrons. The molecule has 2 N–H and O–H groups in total. The van der Waals surface area contributed by atoms with Crippen molar-refractivity contribution in [3.05, 3.63) is 79.9 Å². The summed E-state index contributed by atoms with van der Waals surface area (Å²) in [6, 6.07) is 11.0. The monoisotopic (exact) mass is 384 g/mol. The van der Waals surface area contributed by atoms with E-state index in [4.69, 9.17) is 0 Å². The van der Waals surface area contributed by atoms with Gasteiger partial charge in [-0.2, -0.15) is 10.2 Å². The van der Waals surface area contributed by atoms with Gasteiger partial charge in [0.15, 0.2) is 0 Å². The van der Waals surface area contributed by atoms with Crippen molar-refractivity contribution in [2.45, 2.75) is 0 Å². The zero-order valence-corrected chi connectivity index (χ0v) is 14.0. The zero-order chi connectivity index (χ0) is 20.5. The molecule has 12 nitrogen and oxygen atoms in total. The standard InChI is InChI=1S/C16H12N6O6/c23-15(19-17-9-11-3-1-5-13(7-11)21(25)26)16(24)20-18-10-12-4-2-6-14(8-12)22(27)28/h1-10H,(H,19,23)(H,20,24). The van der Waals surface area contributed by atoms with Crippen LogP contribution in [0.3, 0.4) is 0 Å². The van der Waals surface area contributed by atoms with Crippen LogP contribution in [0.25, 0.3) is 0 Å². The van der Waals surface area contributed by atoms with Crippen LogP contribution in [0.5, 0.6) is 0 Å². The van der Waals surface area contributed by atoms with Crippen molar-refractivity contribution < 1.29 is 19.4 Å². The molecule has 0 atom stereocenters. The molecule has 28 heavy (non-hydrogen) atoms. The number of nitro groups is 2. The third-order valence-electron chi connectivity index (χ3n) is 3.13. The minimum Gasteiger partial charge on any atom is -0.262 e. The summed E-state index contributed by atoms with van der Waals surface area (Å²) in [5.74, 6) is -2.25. The first kappa shape index (κ1) is 19.8. The Balaban J connectivity index is 1.88. The summed E-state index contributed by atoms with van der Waals surface area (Å²) < 4.78 is 0. The van der Waals surface area contributed by atoms with Gasteiger partial charge in [0.2, 0.25) is 0 Å². The Morgan fingerprint density at radius 3 is 1.54 bits per heavy atom. The summed E-state index contributed by atoms with van der Waals surface area (Å²) in [7, 11) is 0. The van der Waals surface area contributed by atoms with Gasteiger partial charge in [0.25, 0.3) is 11.4 Å². The number of hydrogen-bond donors (Lipinski definition) is 2. The number of non-ortho nitro benzene ring substituents is 2. The van der Waals surface area contributed by atoms with Gasteiger partial charge in [-0.15, -0.1) is 0 Å². The van der Waals surface area contributed by atoms with Crippen molar-refractivity contribution in [2.75, 3.05) is 0 Å². The first-order valence-corrected chi connectivity index (χ1v) is 7.52. The third-order valence-corrected chi connectivity index (χ3v) is 3.13. The smallest absolute Gasteiger partial charge is 0.262 e. The first-order valence-electron chi connectivity index (χ1n) is 7.52. The Morgan fingerprint density at radius 2 is 1.18 bits per heavy atom. The normalized spacial score (nSPS) is 10.7. The van der Waals surface area contributed by atoms with Gasteiger partial charge in [0, 0.05) is 35.4 Å². The fourth-order valence-electron chi connectivity index (χ4n) is 1.87. The molecule has 12 heteroatoms. The molecule has 2 aromatic rings. The van der Waals surface area contributed by atoms with Gasteiger partial charge in [-0.25, -0.2) is 10.9 Å². The van der Waals surface area contributed by atoms with Crippen molar-refractivity contribution in [3.8, 4) is 0 Å². The van der Waals surface area contributed by atoms with Crippen molar-refractivity contribution in [1.29, 1.82) is 0 Å². The van der Waals surface area contributed by atoms with Crippen molar-refractivity contribution in [2.24, 2.45) is 10.2 Å². The second-order valence-electron chi connectivity index (χ2n) is 5.10. The lowest BCUT2D eigenvalue weighted by Crippen LogP contribution is -2.35. The minimum atomic E-state index is -1.13. The SMILES string of the molecule is O=C(NN=Cc1cccc([N+](=O)[O-])c1)C(=O)NN=Cc1cccc([N+](=O)[O-])c1. The molecule has 0 aliphatic heterocycles. The summed E-state index contributed by atoms with van der Waals surface area (Å²) in [5.41, 5.74) is 4.27. The topological polar surface area (TPSA) is 169 Å². The van der Waals surface area contributed by atoms with E-state index < -0.39 is 21.7 Å². The van der Waals surface area contributed by atoms with Crippen LogP contribution in [0, 0.1) is 20.2 Å². The van der Waals surface area contributed by atoms with E-state index in [0.717, 1.165) is 12.4 Å². The first-order chi connectivity index (χ1) is 13.4. The van der Waals surface area contributed by atoms with Crippen LogP contribution in [0.1, 0.15) is 11.1 Å². The van der Waals surface area contributed by atoms with Gasteiger partial charge < -0.3 is 0 Å². The Bertz CT molecular complexity index is 908. The molecule has 2 aromatic carbocycles. The lowest BCUT2D eigenvalue weighted by molar-refractivity contribution is -0.385. The molecular weight excluding hydrogens is 372 g/mol. The van der Waals surface area contributed by atoms with Crippen LogP contribution < -0.4 is 10.9 Å². The number of rotatable bonds is 6. The molecule has 0 spiro atoms. The second kappa shape index (κ2) is 9.28. The Labute approximate surface area is 156 Å². The fourth-order valence-corrected chi connectivity index (χ4v) is 1.87. The van der Waals surface area contributed by atoms with E-state index in [0.29, 0.717) is 11.1 Å². The summed E-state index contributed by atoms with van der Waals surface area (Å²) in [4.78, 5) is 43.4. The van der Waals surface area contributed by atoms with Gasteiger partial charge in [-0.1, -0.05) is 24.3 Å². The van der Waals surface area contributed by atoms with Gasteiger partial charge in [-0.3, -0.25) is 29.8 Å². The highest BCUT2D eigenvalue weighted by Gasteiger charge is 2.11. The molecular formula is C16H12N6O6. The zero-order valence-electron chi connectivity index (χ0n) is 14.0. The minimum absolute atomic E-state index is 0.150. The highest BCUT2D eigenvalue weighted by atomic mass is 16.6.